The van der Waals surface area contributed by atoms with E-state index in [9.17, 15) is 9.59 Å². The summed E-state index contributed by atoms with van der Waals surface area (Å²) in [5.41, 5.74) is 0.887. The summed E-state index contributed by atoms with van der Waals surface area (Å²) in [4.78, 5) is 26.3. The monoisotopic (exact) mass is 253 g/mol. The molecule has 3 rings (SSSR count). The largest absolute Gasteiger partial charge is 0.465 e. The second-order valence-corrected chi connectivity index (χ2v) is 4.25. The molecule has 0 unspecified atom stereocenters. The van der Waals surface area contributed by atoms with Crippen molar-refractivity contribution in [3.63, 3.8) is 0 Å². The van der Waals surface area contributed by atoms with Crippen molar-refractivity contribution in [1.29, 1.82) is 0 Å². The van der Waals surface area contributed by atoms with Crippen LogP contribution in [0.5, 0.6) is 0 Å². The van der Waals surface area contributed by atoms with Crippen molar-refractivity contribution in [2.24, 2.45) is 0 Å². The van der Waals surface area contributed by atoms with Crippen LogP contribution in [0.25, 0.3) is 21.7 Å². The first-order chi connectivity index (χ1) is 9.20. The number of nitrogens with one attached hydrogen (secondary N) is 1. The van der Waals surface area contributed by atoms with Crippen LogP contribution in [0, 0.1) is 0 Å². The minimum atomic E-state index is -0.420. The van der Waals surface area contributed by atoms with Crippen LogP contribution in [0.1, 0.15) is 10.4 Å². The highest BCUT2D eigenvalue weighted by molar-refractivity contribution is 6.07. The van der Waals surface area contributed by atoms with Crippen LogP contribution in [0.2, 0.25) is 0 Å². The normalized spacial score (nSPS) is 10.8. The number of benzene rings is 2. The summed E-state index contributed by atoms with van der Waals surface area (Å²) in [6, 6.07) is 12.5. The molecule has 0 aliphatic carbocycles. The number of methoxy groups -OCH3 is 1. The number of aromatic amines is 1. The minimum absolute atomic E-state index is 0.162. The van der Waals surface area contributed by atoms with Gasteiger partial charge < -0.3 is 9.72 Å². The van der Waals surface area contributed by atoms with Gasteiger partial charge in [-0.1, -0.05) is 24.3 Å². The summed E-state index contributed by atoms with van der Waals surface area (Å²) in [5, 5.41) is 2.42. The summed E-state index contributed by atoms with van der Waals surface area (Å²) in [5.74, 6) is -0.420. The summed E-state index contributed by atoms with van der Waals surface area (Å²) in [6.45, 7) is 0. The van der Waals surface area contributed by atoms with Gasteiger partial charge in [-0.2, -0.15) is 0 Å². The molecule has 2 aromatic carbocycles. The number of rotatable bonds is 1. The number of pyridine rings is 1. The molecule has 4 nitrogen and oxygen atoms in total. The molecule has 1 N–H and O–H groups in total. The highest BCUT2D eigenvalue weighted by Gasteiger charge is 2.09. The van der Waals surface area contributed by atoms with Crippen LogP contribution in [0.4, 0.5) is 0 Å². The van der Waals surface area contributed by atoms with E-state index < -0.39 is 5.97 Å². The quantitative estimate of drug-likeness (QED) is 0.535. The second-order valence-electron chi connectivity index (χ2n) is 4.25. The topological polar surface area (TPSA) is 59.2 Å². The number of carbonyl (C=O) groups excluding carboxylic acids is 1. The van der Waals surface area contributed by atoms with Crippen LogP contribution in [0.3, 0.4) is 0 Å². The molecule has 0 bridgehead atoms. The summed E-state index contributed by atoms with van der Waals surface area (Å²) in [7, 11) is 1.33. The fourth-order valence-electron chi connectivity index (χ4n) is 2.23. The van der Waals surface area contributed by atoms with Gasteiger partial charge in [0.2, 0.25) is 0 Å². The van der Waals surface area contributed by atoms with Crippen LogP contribution in [0.15, 0.2) is 47.3 Å². The molecule has 0 fully saturated rings. The maximum absolute atomic E-state index is 12.0. The van der Waals surface area contributed by atoms with Gasteiger partial charge in [-0.15, -0.1) is 0 Å². The third-order valence-electron chi connectivity index (χ3n) is 3.15. The van der Waals surface area contributed by atoms with Gasteiger partial charge in [-0.3, -0.25) is 4.79 Å². The molecule has 0 spiro atoms. The fraction of sp³-hybridized carbons (Fsp3) is 0.0667. The predicted octanol–water partition coefficient (Wildman–Crippen LogP) is 2.47. The molecule has 0 saturated heterocycles. The Morgan fingerprint density at radius 2 is 1.79 bits per heavy atom. The van der Waals surface area contributed by atoms with E-state index in [-0.39, 0.29) is 5.56 Å². The Labute approximate surface area is 108 Å². The average Bonchev–Trinajstić information content (AvgIpc) is 2.46. The Kier molecular flexibility index (Phi) is 2.56. The zero-order chi connectivity index (χ0) is 13.4. The van der Waals surface area contributed by atoms with E-state index in [1.54, 1.807) is 18.2 Å². The lowest BCUT2D eigenvalue weighted by Gasteiger charge is -2.05. The number of ether oxygens (including phenoxy) is 1. The molecule has 94 valence electrons. The van der Waals surface area contributed by atoms with Crippen LogP contribution in [-0.4, -0.2) is 18.1 Å². The van der Waals surface area contributed by atoms with E-state index in [2.05, 4.69) is 9.72 Å². The molecule has 1 aromatic heterocycles. The lowest BCUT2D eigenvalue weighted by Crippen LogP contribution is -2.07. The Morgan fingerprint density at radius 1 is 1.05 bits per heavy atom. The van der Waals surface area contributed by atoms with Crippen molar-refractivity contribution in [3.8, 4) is 0 Å². The van der Waals surface area contributed by atoms with Crippen molar-refractivity contribution in [2.45, 2.75) is 0 Å². The highest BCUT2D eigenvalue weighted by Crippen LogP contribution is 2.22. The number of H-pyrrole nitrogens is 1. The van der Waals surface area contributed by atoms with Gasteiger partial charge >= 0.3 is 5.97 Å². The van der Waals surface area contributed by atoms with Crippen LogP contribution < -0.4 is 5.56 Å². The zero-order valence-corrected chi connectivity index (χ0v) is 10.3. The van der Waals surface area contributed by atoms with E-state index in [4.69, 9.17) is 0 Å². The van der Waals surface area contributed by atoms with Crippen molar-refractivity contribution in [2.75, 3.05) is 7.11 Å². The van der Waals surface area contributed by atoms with Gasteiger partial charge in [0.15, 0.2) is 0 Å². The first kappa shape index (κ1) is 11.5. The number of fused-ring (bicyclic) bond motifs is 3. The van der Waals surface area contributed by atoms with E-state index in [0.717, 1.165) is 10.8 Å². The van der Waals surface area contributed by atoms with Crippen molar-refractivity contribution in [3.05, 3.63) is 58.4 Å². The number of esters is 1. The van der Waals surface area contributed by atoms with Gasteiger partial charge in [0.1, 0.15) is 0 Å². The molecule has 3 aromatic rings. The van der Waals surface area contributed by atoms with Crippen molar-refractivity contribution in [1.82, 2.24) is 4.98 Å². The molecule has 0 aliphatic heterocycles. The Morgan fingerprint density at radius 3 is 2.53 bits per heavy atom. The molecule has 0 aliphatic rings. The molecule has 0 atom stereocenters. The lowest BCUT2D eigenvalue weighted by molar-refractivity contribution is 0.0601. The number of hydrogen-bond donors (Lipinski definition) is 1. The van der Waals surface area contributed by atoms with Crippen molar-refractivity contribution >= 4 is 27.6 Å². The standard InChI is InChI=1S/C15H11NO3/c1-19-15(18)9-6-7-11-10-4-2-3-5-12(10)14(17)16-13(11)8-9/h2-8H,1H3,(H,16,17). The summed E-state index contributed by atoms with van der Waals surface area (Å²) >= 11 is 0. The summed E-state index contributed by atoms with van der Waals surface area (Å²) < 4.78 is 4.67. The molecule has 0 saturated carbocycles. The maximum Gasteiger partial charge on any atom is 0.337 e. The Balaban J connectivity index is 2.40. The highest BCUT2D eigenvalue weighted by atomic mass is 16.5. The first-order valence-electron chi connectivity index (χ1n) is 5.84. The molecule has 1 heterocycles. The van der Waals surface area contributed by atoms with E-state index >= 15 is 0 Å². The summed E-state index contributed by atoms with van der Waals surface area (Å²) in [6.07, 6.45) is 0. The molecular formula is C15H11NO3. The van der Waals surface area contributed by atoms with E-state index in [1.165, 1.54) is 7.11 Å². The smallest absolute Gasteiger partial charge is 0.337 e. The number of aromatic nitrogens is 1. The number of hydrogen-bond acceptors (Lipinski definition) is 3. The first-order valence-corrected chi connectivity index (χ1v) is 5.84. The van der Waals surface area contributed by atoms with Crippen molar-refractivity contribution < 1.29 is 9.53 Å². The van der Waals surface area contributed by atoms with E-state index in [0.29, 0.717) is 16.5 Å². The predicted molar refractivity (Wildman–Crippen MR) is 73.4 cm³/mol. The lowest BCUT2D eigenvalue weighted by atomic mass is 10.0. The van der Waals surface area contributed by atoms with Gasteiger partial charge in [0.25, 0.3) is 5.56 Å². The van der Waals surface area contributed by atoms with Gasteiger partial charge in [-0.25, -0.2) is 4.79 Å². The molecule has 4 heteroatoms. The zero-order valence-electron chi connectivity index (χ0n) is 10.3. The maximum atomic E-state index is 12.0. The third kappa shape index (κ3) is 1.78. The van der Waals surface area contributed by atoms with Gasteiger partial charge in [0.05, 0.1) is 12.7 Å². The third-order valence-corrected chi connectivity index (χ3v) is 3.15. The minimum Gasteiger partial charge on any atom is -0.465 e. The van der Waals surface area contributed by atoms with Crippen LogP contribution in [-0.2, 0) is 4.74 Å². The van der Waals surface area contributed by atoms with Crippen LogP contribution >= 0.6 is 0 Å². The molecular weight excluding hydrogens is 242 g/mol. The molecule has 0 amide bonds. The molecule has 19 heavy (non-hydrogen) atoms. The average molecular weight is 253 g/mol. The fourth-order valence-corrected chi connectivity index (χ4v) is 2.23. The SMILES string of the molecule is COC(=O)c1ccc2c(c1)[nH]c(=O)c1ccccc12. The number of carbonyl (C=O) groups is 1. The van der Waals surface area contributed by atoms with Gasteiger partial charge in [0, 0.05) is 16.3 Å². The van der Waals surface area contributed by atoms with Gasteiger partial charge in [-0.05, 0) is 23.6 Å². The second kappa shape index (κ2) is 4.24. The van der Waals surface area contributed by atoms with E-state index in [1.807, 2.05) is 24.3 Å². The Hall–Kier alpha value is -2.62. The molecule has 0 radical (unpaired) electrons. The Bertz CT molecular complexity index is 849.